The second-order valence-electron chi connectivity index (χ2n) is 5.84. The highest BCUT2D eigenvalue weighted by molar-refractivity contribution is 9.10. The summed E-state index contributed by atoms with van der Waals surface area (Å²) in [6.45, 7) is 4.64. The number of benzene rings is 1. The van der Waals surface area contributed by atoms with Crippen LogP contribution in [0.5, 0.6) is 0 Å². The first-order valence-electron chi connectivity index (χ1n) is 7.33. The van der Waals surface area contributed by atoms with Crippen LogP contribution >= 0.6 is 15.9 Å². The second kappa shape index (κ2) is 7.22. The SMILES string of the molecule is Cc1cc(S(=O)(=O)NCCC2CCN(C)CC2)ccc1Br. The molecule has 1 heterocycles. The van der Waals surface area contributed by atoms with E-state index < -0.39 is 10.0 Å². The molecule has 0 atom stereocenters. The molecular weight excluding hydrogens is 352 g/mol. The van der Waals surface area contributed by atoms with Gasteiger partial charge in [0.1, 0.15) is 0 Å². The smallest absolute Gasteiger partial charge is 0.240 e. The monoisotopic (exact) mass is 374 g/mol. The van der Waals surface area contributed by atoms with Gasteiger partial charge in [0.2, 0.25) is 10.0 Å². The minimum Gasteiger partial charge on any atom is -0.306 e. The summed E-state index contributed by atoms with van der Waals surface area (Å²) in [7, 11) is -1.26. The summed E-state index contributed by atoms with van der Waals surface area (Å²) in [5, 5.41) is 0. The zero-order valence-corrected chi connectivity index (χ0v) is 15.0. The maximum Gasteiger partial charge on any atom is 0.240 e. The molecule has 1 saturated heterocycles. The summed E-state index contributed by atoms with van der Waals surface area (Å²) >= 11 is 3.39. The van der Waals surface area contributed by atoms with E-state index in [0.29, 0.717) is 17.4 Å². The molecule has 0 aromatic heterocycles. The van der Waals surface area contributed by atoms with Crippen LogP contribution in [0.15, 0.2) is 27.6 Å². The van der Waals surface area contributed by atoms with Crippen LogP contribution in [0, 0.1) is 12.8 Å². The maximum atomic E-state index is 12.3. The topological polar surface area (TPSA) is 49.4 Å². The van der Waals surface area contributed by atoms with Gasteiger partial charge in [-0.2, -0.15) is 0 Å². The van der Waals surface area contributed by atoms with Crippen LogP contribution in [-0.4, -0.2) is 40.0 Å². The molecule has 0 saturated carbocycles. The number of nitrogens with one attached hydrogen (secondary N) is 1. The Bertz CT molecular complexity index is 581. The summed E-state index contributed by atoms with van der Waals surface area (Å²) in [4.78, 5) is 2.66. The van der Waals surface area contributed by atoms with Crippen molar-refractivity contribution in [1.82, 2.24) is 9.62 Å². The lowest BCUT2D eigenvalue weighted by Crippen LogP contribution is -2.32. The third-order valence-corrected chi connectivity index (χ3v) is 6.47. The highest BCUT2D eigenvalue weighted by Crippen LogP contribution is 2.21. The minimum absolute atomic E-state index is 0.339. The molecule has 0 radical (unpaired) electrons. The molecule has 1 N–H and O–H groups in total. The zero-order chi connectivity index (χ0) is 15.5. The molecule has 118 valence electrons. The van der Waals surface area contributed by atoms with E-state index in [0.717, 1.165) is 42.4 Å². The van der Waals surface area contributed by atoms with E-state index in [1.54, 1.807) is 18.2 Å². The largest absolute Gasteiger partial charge is 0.306 e. The Balaban J connectivity index is 1.88. The average molecular weight is 375 g/mol. The fourth-order valence-corrected chi connectivity index (χ4v) is 3.99. The van der Waals surface area contributed by atoms with E-state index in [2.05, 4.69) is 32.6 Å². The highest BCUT2D eigenvalue weighted by atomic mass is 79.9. The van der Waals surface area contributed by atoms with Crippen molar-refractivity contribution >= 4 is 26.0 Å². The van der Waals surface area contributed by atoms with Crippen molar-refractivity contribution in [2.45, 2.75) is 31.1 Å². The average Bonchev–Trinajstić information content (AvgIpc) is 2.44. The Kier molecular flexibility index (Phi) is 5.82. The molecule has 1 aliphatic heterocycles. The molecule has 1 aliphatic rings. The van der Waals surface area contributed by atoms with Gasteiger partial charge in [0.15, 0.2) is 0 Å². The lowest BCUT2D eigenvalue weighted by molar-refractivity contribution is 0.213. The molecule has 0 spiro atoms. The molecule has 2 rings (SSSR count). The van der Waals surface area contributed by atoms with E-state index in [1.807, 2.05) is 6.92 Å². The summed E-state index contributed by atoms with van der Waals surface area (Å²) in [5.41, 5.74) is 0.924. The van der Waals surface area contributed by atoms with Crippen LogP contribution in [0.3, 0.4) is 0 Å². The minimum atomic E-state index is -3.39. The zero-order valence-electron chi connectivity index (χ0n) is 12.6. The van der Waals surface area contributed by atoms with Crippen molar-refractivity contribution in [3.05, 3.63) is 28.2 Å². The number of rotatable bonds is 5. The van der Waals surface area contributed by atoms with E-state index >= 15 is 0 Å². The number of hydrogen-bond donors (Lipinski definition) is 1. The van der Waals surface area contributed by atoms with Crippen LogP contribution in [-0.2, 0) is 10.0 Å². The van der Waals surface area contributed by atoms with Gasteiger partial charge in [0.05, 0.1) is 4.90 Å². The summed E-state index contributed by atoms with van der Waals surface area (Å²) in [6, 6.07) is 5.11. The van der Waals surface area contributed by atoms with Crippen molar-refractivity contribution in [1.29, 1.82) is 0 Å². The van der Waals surface area contributed by atoms with Gasteiger partial charge in [-0.1, -0.05) is 15.9 Å². The standard InChI is InChI=1S/C15H23BrN2O2S/c1-12-11-14(3-4-15(12)16)21(19,20)17-8-5-13-6-9-18(2)10-7-13/h3-4,11,13,17H,5-10H2,1-2H3. The van der Waals surface area contributed by atoms with Gasteiger partial charge < -0.3 is 4.90 Å². The van der Waals surface area contributed by atoms with Crippen LogP contribution in [0.4, 0.5) is 0 Å². The predicted octanol–water partition coefficient (Wildman–Crippen LogP) is 2.77. The van der Waals surface area contributed by atoms with Gasteiger partial charge >= 0.3 is 0 Å². The van der Waals surface area contributed by atoms with Crippen molar-refractivity contribution in [3.8, 4) is 0 Å². The van der Waals surface area contributed by atoms with Crippen LogP contribution < -0.4 is 4.72 Å². The van der Waals surface area contributed by atoms with Gasteiger partial charge in [-0.05, 0) is 76.0 Å². The first kappa shape index (κ1) is 16.9. The Morgan fingerprint density at radius 3 is 2.62 bits per heavy atom. The summed E-state index contributed by atoms with van der Waals surface area (Å²) in [5.74, 6) is 0.635. The Hall–Kier alpha value is -0.430. The van der Waals surface area contributed by atoms with Gasteiger partial charge in [-0.25, -0.2) is 13.1 Å². The molecule has 0 unspecified atom stereocenters. The van der Waals surface area contributed by atoms with E-state index in [-0.39, 0.29) is 0 Å². The van der Waals surface area contributed by atoms with Gasteiger partial charge in [-0.3, -0.25) is 0 Å². The quantitative estimate of drug-likeness (QED) is 0.861. The first-order valence-corrected chi connectivity index (χ1v) is 9.60. The number of likely N-dealkylation sites (tertiary alicyclic amines) is 1. The van der Waals surface area contributed by atoms with Gasteiger partial charge in [-0.15, -0.1) is 0 Å². The molecule has 0 amide bonds. The molecule has 0 bridgehead atoms. The van der Waals surface area contributed by atoms with E-state index in [4.69, 9.17) is 0 Å². The van der Waals surface area contributed by atoms with Crippen LogP contribution in [0.2, 0.25) is 0 Å². The van der Waals surface area contributed by atoms with Crippen molar-refractivity contribution < 1.29 is 8.42 Å². The second-order valence-corrected chi connectivity index (χ2v) is 8.47. The normalized spacial score (nSPS) is 18.0. The predicted molar refractivity (Wildman–Crippen MR) is 88.9 cm³/mol. The molecule has 21 heavy (non-hydrogen) atoms. The molecule has 6 heteroatoms. The maximum absolute atomic E-state index is 12.3. The van der Waals surface area contributed by atoms with Crippen molar-refractivity contribution in [3.63, 3.8) is 0 Å². The summed E-state index contributed by atoms with van der Waals surface area (Å²) in [6.07, 6.45) is 3.24. The number of halogens is 1. The Morgan fingerprint density at radius 2 is 2.00 bits per heavy atom. The fourth-order valence-electron chi connectivity index (χ4n) is 2.62. The van der Waals surface area contributed by atoms with Gasteiger partial charge in [0.25, 0.3) is 0 Å². The van der Waals surface area contributed by atoms with E-state index in [1.165, 1.54) is 0 Å². The third kappa shape index (κ3) is 4.77. The third-order valence-electron chi connectivity index (χ3n) is 4.12. The van der Waals surface area contributed by atoms with Gasteiger partial charge in [0, 0.05) is 11.0 Å². The Morgan fingerprint density at radius 1 is 1.33 bits per heavy atom. The number of aryl methyl sites for hydroxylation is 1. The lowest BCUT2D eigenvalue weighted by atomic mass is 9.94. The fraction of sp³-hybridized carbons (Fsp3) is 0.600. The highest BCUT2D eigenvalue weighted by Gasteiger charge is 2.18. The molecule has 4 nitrogen and oxygen atoms in total. The van der Waals surface area contributed by atoms with Crippen molar-refractivity contribution in [2.75, 3.05) is 26.7 Å². The number of nitrogens with zero attached hydrogens (tertiary/aromatic N) is 1. The number of piperidine rings is 1. The van der Waals surface area contributed by atoms with Crippen molar-refractivity contribution in [2.24, 2.45) is 5.92 Å². The molecule has 1 aromatic carbocycles. The molecular formula is C15H23BrN2O2S. The van der Waals surface area contributed by atoms with E-state index in [9.17, 15) is 8.42 Å². The number of sulfonamides is 1. The molecule has 1 aromatic rings. The first-order chi connectivity index (χ1) is 9.88. The molecule has 1 fully saturated rings. The summed E-state index contributed by atoms with van der Waals surface area (Å²) < 4.78 is 28.2. The lowest BCUT2D eigenvalue weighted by Gasteiger charge is -2.28. The van der Waals surface area contributed by atoms with Crippen LogP contribution in [0.1, 0.15) is 24.8 Å². The molecule has 0 aliphatic carbocycles. The van der Waals surface area contributed by atoms with Crippen LogP contribution in [0.25, 0.3) is 0 Å². The number of hydrogen-bond acceptors (Lipinski definition) is 3. The Labute approximate surface area is 136 Å².